The minimum Gasteiger partial charge on any atom is -0.493 e. The lowest BCUT2D eigenvalue weighted by Crippen LogP contribution is -2.13. The number of benzene rings is 1. The fourth-order valence-corrected chi connectivity index (χ4v) is 3.14. The monoisotopic (exact) mass is 375 g/mol. The number of aliphatic hydroxyl groups excluding tert-OH is 1. The van der Waals surface area contributed by atoms with Crippen molar-refractivity contribution in [1.82, 2.24) is 4.98 Å². The van der Waals surface area contributed by atoms with Gasteiger partial charge in [-0.3, -0.25) is 0 Å². The third-order valence-electron chi connectivity index (χ3n) is 4.59. The number of hydrogen-bond acceptors (Lipinski definition) is 6. The van der Waals surface area contributed by atoms with Crippen molar-refractivity contribution in [3.63, 3.8) is 0 Å². The van der Waals surface area contributed by atoms with Crippen molar-refractivity contribution in [1.29, 1.82) is 0 Å². The molecule has 0 saturated carbocycles. The number of pyridine rings is 1. The van der Waals surface area contributed by atoms with Gasteiger partial charge in [-0.1, -0.05) is 0 Å². The van der Waals surface area contributed by atoms with Crippen LogP contribution in [0.1, 0.15) is 47.8 Å². The third-order valence-corrected chi connectivity index (χ3v) is 4.59. The summed E-state index contributed by atoms with van der Waals surface area (Å²) in [6.45, 7) is 10.5. The van der Waals surface area contributed by atoms with Gasteiger partial charge in [0.1, 0.15) is 6.10 Å². The van der Waals surface area contributed by atoms with Gasteiger partial charge in [-0.05, 0) is 57.4 Å². The Hall–Kier alpha value is -2.47. The summed E-state index contributed by atoms with van der Waals surface area (Å²) in [5, 5.41) is 11.4. The average molecular weight is 375 g/mol. The number of aromatic nitrogens is 1. The molecule has 6 nitrogen and oxygen atoms in total. The molecule has 27 heavy (non-hydrogen) atoms. The van der Waals surface area contributed by atoms with Crippen LogP contribution in [-0.4, -0.2) is 37.5 Å². The lowest BCUT2D eigenvalue weighted by molar-refractivity contribution is 0.198. The minimum atomic E-state index is -0.986. The Morgan fingerprint density at radius 2 is 1.59 bits per heavy atom. The van der Waals surface area contributed by atoms with E-state index in [9.17, 15) is 5.11 Å². The van der Waals surface area contributed by atoms with Gasteiger partial charge in [-0.2, -0.15) is 0 Å². The van der Waals surface area contributed by atoms with E-state index >= 15 is 0 Å². The highest BCUT2D eigenvalue weighted by molar-refractivity contribution is 5.62. The largest absolute Gasteiger partial charge is 0.493 e. The zero-order valence-corrected chi connectivity index (χ0v) is 17.2. The Balaban J connectivity index is 2.76. The number of ether oxygens (including phenoxy) is 4. The average Bonchev–Trinajstić information content (AvgIpc) is 2.64. The number of methoxy groups -OCH3 is 2. The van der Waals surface area contributed by atoms with Gasteiger partial charge >= 0.3 is 0 Å². The summed E-state index contributed by atoms with van der Waals surface area (Å²) < 4.78 is 22.5. The van der Waals surface area contributed by atoms with Crippen LogP contribution in [0.2, 0.25) is 0 Å². The van der Waals surface area contributed by atoms with E-state index in [4.69, 9.17) is 18.9 Å². The lowest BCUT2D eigenvalue weighted by atomic mass is 9.92. The van der Waals surface area contributed by atoms with Crippen LogP contribution in [0.15, 0.2) is 12.3 Å². The van der Waals surface area contributed by atoms with E-state index in [0.29, 0.717) is 47.5 Å². The fourth-order valence-electron chi connectivity index (χ4n) is 3.14. The quantitative estimate of drug-likeness (QED) is 0.754. The molecule has 148 valence electrons. The predicted octanol–water partition coefficient (Wildman–Crippen LogP) is 3.90. The molecule has 1 N–H and O–H groups in total. The van der Waals surface area contributed by atoms with Crippen molar-refractivity contribution in [3.05, 3.63) is 40.1 Å². The van der Waals surface area contributed by atoms with Crippen LogP contribution in [0, 0.1) is 20.8 Å². The van der Waals surface area contributed by atoms with Crippen LogP contribution in [0.25, 0.3) is 0 Å². The molecule has 2 aromatic rings. The molecule has 0 aliphatic carbocycles. The zero-order chi connectivity index (χ0) is 20.1. The summed E-state index contributed by atoms with van der Waals surface area (Å²) in [6.07, 6.45) is 0.766. The Kier molecular flexibility index (Phi) is 6.91. The van der Waals surface area contributed by atoms with Crippen molar-refractivity contribution in [2.75, 3.05) is 27.4 Å². The van der Waals surface area contributed by atoms with Crippen molar-refractivity contribution in [3.8, 4) is 23.1 Å². The molecular weight excluding hydrogens is 346 g/mol. The molecule has 1 aromatic heterocycles. The standard InChI is InChI=1S/C21H29NO5/c1-8-26-20-16(12(3)10-15(24-6)19(20)25-7)18(23)17-14(5)13(4)11-22-21(17)27-9-2/h10-11,18,23H,8-9H2,1-7H3. The first-order valence-electron chi connectivity index (χ1n) is 9.06. The molecule has 0 spiro atoms. The lowest BCUT2D eigenvalue weighted by Gasteiger charge is -2.24. The summed E-state index contributed by atoms with van der Waals surface area (Å²) in [5.74, 6) is 1.89. The smallest absolute Gasteiger partial charge is 0.219 e. The van der Waals surface area contributed by atoms with E-state index in [2.05, 4.69) is 4.98 Å². The zero-order valence-electron chi connectivity index (χ0n) is 17.2. The van der Waals surface area contributed by atoms with Crippen LogP contribution < -0.4 is 18.9 Å². The van der Waals surface area contributed by atoms with Crippen molar-refractivity contribution in [2.45, 2.75) is 40.7 Å². The van der Waals surface area contributed by atoms with Crippen LogP contribution in [-0.2, 0) is 0 Å². The Labute approximate surface area is 161 Å². The molecule has 0 amide bonds. The van der Waals surface area contributed by atoms with Crippen molar-refractivity contribution >= 4 is 0 Å². The van der Waals surface area contributed by atoms with Gasteiger partial charge in [0.15, 0.2) is 11.5 Å². The van der Waals surface area contributed by atoms with Crippen LogP contribution in [0.4, 0.5) is 0 Å². The van der Waals surface area contributed by atoms with Gasteiger partial charge in [0.25, 0.3) is 0 Å². The third kappa shape index (κ3) is 3.95. The summed E-state index contributed by atoms with van der Waals surface area (Å²) in [4.78, 5) is 4.38. The van der Waals surface area contributed by atoms with E-state index in [1.165, 1.54) is 0 Å². The first-order valence-corrected chi connectivity index (χ1v) is 9.06. The maximum absolute atomic E-state index is 11.4. The topological polar surface area (TPSA) is 70.0 Å². The fraction of sp³-hybridized carbons (Fsp3) is 0.476. The molecule has 1 atom stereocenters. The molecule has 0 aliphatic heterocycles. The van der Waals surface area contributed by atoms with Crippen molar-refractivity contribution in [2.24, 2.45) is 0 Å². The van der Waals surface area contributed by atoms with Crippen LogP contribution in [0.3, 0.4) is 0 Å². The highest BCUT2D eigenvalue weighted by Crippen LogP contribution is 2.47. The molecular formula is C21H29NO5. The maximum Gasteiger partial charge on any atom is 0.219 e. The first kappa shape index (κ1) is 20.8. The van der Waals surface area contributed by atoms with Gasteiger partial charge < -0.3 is 24.1 Å². The number of nitrogens with zero attached hydrogens (tertiary/aromatic N) is 1. The molecule has 1 unspecified atom stereocenters. The Bertz CT molecular complexity index is 804. The van der Waals surface area contributed by atoms with Crippen LogP contribution in [0.5, 0.6) is 23.1 Å². The second-order valence-corrected chi connectivity index (χ2v) is 6.23. The highest BCUT2D eigenvalue weighted by Gasteiger charge is 2.29. The molecule has 1 aromatic carbocycles. The molecule has 1 heterocycles. The van der Waals surface area contributed by atoms with E-state index in [-0.39, 0.29) is 0 Å². The number of aliphatic hydroxyl groups is 1. The van der Waals surface area contributed by atoms with Gasteiger partial charge in [0.05, 0.1) is 33.0 Å². The number of hydrogen-bond donors (Lipinski definition) is 1. The Morgan fingerprint density at radius 3 is 2.15 bits per heavy atom. The summed E-state index contributed by atoms with van der Waals surface area (Å²) in [7, 11) is 3.13. The number of rotatable bonds is 8. The van der Waals surface area contributed by atoms with Crippen molar-refractivity contribution < 1.29 is 24.1 Å². The van der Waals surface area contributed by atoms with Gasteiger partial charge in [-0.25, -0.2) is 4.98 Å². The molecule has 0 aliphatic rings. The first-order chi connectivity index (χ1) is 12.9. The highest BCUT2D eigenvalue weighted by atomic mass is 16.5. The molecule has 0 bridgehead atoms. The van der Waals surface area contributed by atoms with Crippen LogP contribution >= 0.6 is 0 Å². The molecule has 0 radical (unpaired) electrons. The normalized spacial score (nSPS) is 11.9. The molecule has 0 saturated heterocycles. The number of aryl methyl sites for hydroxylation is 2. The molecule has 6 heteroatoms. The van der Waals surface area contributed by atoms with E-state index in [0.717, 1.165) is 16.7 Å². The minimum absolute atomic E-state index is 0.421. The maximum atomic E-state index is 11.4. The van der Waals surface area contributed by atoms with Gasteiger partial charge in [-0.15, -0.1) is 0 Å². The predicted molar refractivity (Wildman–Crippen MR) is 104 cm³/mol. The Morgan fingerprint density at radius 1 is 0.926 bits per heavy atom. The SMILES string of the molecule is CCOc1ncc(C)c(C)c1C(O)c1c(C)cc(OC)c(OC)c1OCC. The second kappa shape index (κ2) is 8.95. The summed E-state index contributed by atoms with van der Waals surface area (Å²) in [5.41, 5.74) is 3.98. The van der Waals surface area contributed by atoms with E-state index in [1.807, 2.05) is 40.7 Å². The van der Waals surface area contributed by atoms with E-state index in [1.54, 1.807) is 20.4 Å². The summed E-state index contributed by atoms with van der Waals surface area (Å²) in [6, 6.07) is 1.83. The van der Waals surface area contributed by atoms with Gasteiger partial charge in [0, 0.05) is 11.8 Å². The van der Waals surface area contributed by atoms with Gasteiger partial charge in [0.2, 0.25) is 11.6 Å². The summed E-state index contributed by atoms with van der Waals surface area (Å²) >= 11 is 0. The second-order valence-electron chi connectivity index (χ2n) is 6.23. The molecule has 2 rings (SSSR count). The molecule has 0 fully saturated rings. The van der Waals surface area contributed by atoms with E-state index < -0.39 is 6.10 Å².